The summed E-state index contributed by atoms with van der Waals surface area (Å²) < 4.78 is 0. The van der Waals surface area contributed by atoms with Crippen LogP contribution in [0.2, 0.25) is 0 Å². The molecule has 0 aliphatic heterocycles. The number of rotatable bonds is 2. The van der Waals surface area contributed by atoms with Gasteiger partial charge in [0.2, 0.25) is 0 Å². The van der Waals surface area contributed by atoms with Crippen LogP contribution in [0.1, 0.15) is 11.6 Å². The van der Waals surface area contributed by atoms with Gasteiger partial charge in [-0.05, 0) is 23.8 Å². The van der Waals surface area contributed by atoms with Crippen molar-refractivity contribution in [3.05, 3.63) is 36.4 Å². The Bertz CT molecular complexity index is 297. The van der Waals surface area contributed by atoms with Crippen molar-refractivity contribution in [3.8, 4) is 5.75 Å². The summed E-state index contributed by atoms with van der Waals surface area (Å²) in [6, 6.07) is 4.36. The van der Waals surface area contributed by atoms with Crippen LogP contribution in [-0.2, 0) is 0 Å². The number of phenols is 1. The first-order valence-corrected chi connectivity index (χ1v) is 3.61. The van der Waals surface area contributed by atoms with Crippen LogP contribution in [-0.4, -0.2) is 5.11 Å². The number of anilines is 1. The minimum absolute atomic E-state index is 0.163. The maximum Gasteiger partial charge on any atom is 0.116 e. The van der Waals surface area contributed by atoms with Gasteiger partial charge >= 0.3 is 0 Å². The molecule has 0 amide bonds. The zero-order valence-corrected chi connectivity index (χ0v) is 6.70. The van der Waals surface area contributed by atoms with E-state index < -0.39 is 0 Å². The van der Waals surface area contributed by atoms with E-state index in [2.05, 4.69) is 6.58 Å². The van der Waals surface area contributed by atoms with E-state index in [9.17, 15) is 0 Å². The number of benzene rings is 1. The van der Waals surface area contributed by atoms with Gasteiger partial charge in [0.15, 0.2) is 0 Å². The fourth-order valence-electron chi connectivity index (χ4n) is 0.978. The topological polar surface area (TPSA) is 72.3 Å². The van der Waals surface area contributed by atoms with Gasteiger partial charge in [-0.25, -0.2) is 0 Å². The van der Waals surface area contributed by atoms with E-state index in [-0.39, 0.29) is 11.8 Å². The highest BCUT2D eigenvalue weighted by molar-refractivity contribution is 5.52. The lowest BCUT2D eigenvalue weighted by Crippen LogP contribution is -2.08. The molecular formula is C9H12N2O. The summed E-state index contributed by atoms with van der Waals surface area (Å²) in [6.07, 6.45) is 1.57. The van der Waals surface area contributed by atoms with E-state index in [0.29, 0.717) is 11.3 Å². The van der Waals surface area contributed by atoms with Crippen LogP contribution in [0.15, 0.2) is 30.9 Å². The summed E-state index contributed by atoms with van der Waals surface area (Å²) in [7, 11) is 0. The van der Waals surface area contributed by atoms with Crippen molar-refractivity contribution in [2.75, 3.05) is 5.73 Å². The maximum atomic E-state index is 9.14. The second kappa shape index (κ2) is 3.28. The number of nitrogen functional groups attached to an aromatic ring is 1. The molecule has 1 aromatic carbocycles. The molecule has 3 heteroatoms. The molecule has 64 valence electrons. The van der Waals surface area contributed by atoms with Crippen LogP contribution < -0.4 is 11.5 Å². The molecule has 3 nitrogen and oxygen atoms in total. The standard InChI is InChI=1S/C9H12N2O/c1-2-8(10)7-5-6(12)3-4-9(7)11/h2-5,8,12H,1,10-11H2/t8-/m0/s1. The van der Waals surface area contributed by atoms with Crippen LogP contribution in [0.3, 0.4) is 0 Å². The number of hydrogen-bond donors (Lipinski definition) is 3. The van der Waals surface area contributed by atoms with Crippen molar-refractivity contribution in [1.82, 2.24) is 0 Å². The van der Waals surface area contributed by atoms with E-state index in [1.54, 1.807) is 18.2 Å². The Kier molecular flexibility index (Phi) is 2.35. The van der Waals surface area contributed by atoms with Crippen LogP contribution in [0.4, 0.5) is 5.69 Å². The number of aromatic hydroxyl groups is 1. The molecular weight excluding hydrogens is 152 g/mol. The fraction of sp³-hybridized carbons (Fsp3) is 0.111. The van der Waals surface area contributed by atoms with Crippen LogP contribution >= 0.6 is 0 Å². The second-order valence-corrected chi connectivity index (χ2v) is 2.57. The number of phenolic OH excluding ortho intramolecular Hbond substituents is 1. The Labute approximate surface area is 71.3 Å². The summed E-state index contributed by atoms with van der Waals surface area (Å²) in [4.78, 5) is 0. The lowest BCUT2D eigenvalue weighted by molar-refractivity contribution is 0.474. The van der Waals surface area contributed by atoms with Crippen molar-refractivity contribution in [1.29, 1.82) is 0 Å². The van der Waals surface area contributed by atoms with Gasteiger partial charge in [-0.1, -0.05) is 6.08 Å². The molecule has 0 radical (unpaired) electrons. The highest BCUT2D eigenvalue weighted by Gasteiger charge is 2.05. The van der Waals surface area contributed by atoms with Gasteiger partial charge in [0.25, 0.3) is 0 Å². The van der Waals surface area contributed by atoms with Gasteiger partial charge in [-0.15, -0.1) is 6.58 Å². The molecule has 0 saturated carbocycles. The van der Waals surface area contributed by atoms with Crippen molar-refractivity contribution in [2.45, 2.75) is 6.04 Å². The molecule has 0 bridgehead atoms. The minimum atomic E-state index is -0.322. The zero-order chi connectivity index (χ0) is 9.14. The molecule has 1 aromatic rings. The SMILES string of the molecule is C=C[C@H](N)c1cc(O)ccc1N. The largest absolute Gasteiger partial charge is 0.508 e. The van der Waals surface area contributed by atoms with Gasteiger partial charge < -0.3 is 16.6 Å². The molecule has 5 N–H and O–H groups in total. The Morgan fingerprint density at radius 2 is 2.17 bits per heavy atom. The van der Waals surface area contributed by atoms with E-state index >= 15 is 0 Å². The van der Waals surface area contributed by atoms with E-state index in [0.717, 1.165) is 0 Å². The van der Waals surface area contributed by atoms with Gasteiger partial charge in [-0.2, -0.15) is 0 Å². The average molecular weight is 164 g/mol. The first-order valence-electron chi connectivity index (χ1n) is 3.61. The summed E-state index contributed by atoms with van der Waals surface area (Å²) in [5, 5.41) is 9.14. The quantitative estimate of drug-likeness (QED) is 0.349. The summed E-state index contributed by atoms with van der Waals surface area (Å²) >= 11 is 0. The monoisotopic (exact) mass is 164 g/mol. The third kappa shape index (κ3) is 1.57. The number of hydrogen-bond acceptors (Lipinski definition) is 3. The van der Waals surface area contributed by atoms with Crippen molar-refractivity contribution in [2.24, 2.45) is 5.73 Å². The van der Waals surface area contributed by atoms with Crippen molar-refractivity contribution < 1.29 is 5.11 Å². The normalized spacial score (nSPS) is 12.4. The van der Waals surface area contributed by atoms with E-state index in [4.69, 9.17) is 16.6 Å². The Morgan fingerprint density at radius 1 is 1.50 bits per heavy atom. The minimum Gasteiger partial charge on any atom is -0.508 e. The van der Waals surface area contributed by atoms with Gasteiger partial charge in [0.1, 0.15) is 5.75 Å². The predicted octanol–water partition coefficient (Wildman–Crippen LogP) is 1.16. The molecule has 12 heavy (non-hydrogen) atoms. The zero-order valence-electron chi connectivity index (χ0n) is 6.70. The average Bonchev–Trinajstić information content (AvgIpc) is 2.08. The summed E-state index contributed by atoms with van der Waals surface area (Å²) in [5.74, 6) is 0.163. The molecule has 0 unspecified atom stereocenters. The smallest absolute Gasteiger partial charge is 0.116 e. The van der Waals surface area contributed by atoms with Gasteiger partial charge in [0.05, 0.1) is 0 Å². The molecule has 0 aromatic heterocycles. The molecule has 1 rings (SSSR count). The Morgan fingerprint density at radius 3 is 2.75 bits per heavy atom. The second-order valence-electron chi connectivity index (χ2n) is 2.57. The maximum absolute atomic E-state index is 9.14. The highest BCUT2D eigenvalue weighted by Crippen LogP contribution is 2.23. The molecule has 0 heterocycles. The Balaban J connectivity index is 3.12. The first kappa shape index (κ1) is 8.62. The lowest BCUT2D eigenvalue weighted by Gasteiger charge is -2.09. The third-order valence-electron chi connectivity index (χ3n) is 1.68. The molecule has 0 aliphatic rings. The summed E-state index contributed by atoms with van der Waals surface area (Å²) in [5.41, 5.74) is 12.6. The third-order valence-corrected chi connectivity index (χ3v) is 1.68. The van der Waals surface area contributed by atoms with Crippen molar-refractivity contribution >= 4 is 5.69 Å². The molecule has 1 atom stereocenters. The van der Waals surface area contributed by atoms with Crippen LogP contribution in [0.25, 0.3) is 0 Å². The van der Waals surface area contributed by atoms with E-state index in [1.165, 1.54) is 6.07 Å². The number of nitrogens with two attached hydrogens (primary N) is 2. The molecule has 0 saturated heterocycles. The van der Waals surface area contributed by atoms with E-state index in [1.807, 2.05) is 0 Å². The molecule has 0 fully saturated rings. The lowest BCUT2D eigenvalue weighted by atomic mass is 10.1. The van der Waals surface area contributed by atoms with Crippen LogP contribution in [0, 0.1) is 0 Å². The molecule has 0 spiro atoms. The van der Waals surface area contributed by atoms with Crippen molar-refractivity contribution in [3.63, 3.8) is 0 Å². The Hall–Kier alpha value is -1.48. The van der Waals surface area contributed by atoms with Gasteiger partial charge in [-0.3, -0.25) is 0 Å². The fourth-order valence-corrected chi connectivity index (χ4v) is 0.978. The highest BCUT2D eigenvalue weighted by atomic mass is 16.3. The first-order chi connectivity index (χ1) is 5.65. The van der Waals surface area contributed by atoms with Gasteiger partial charge in [0, 0.05) is 11.7 Å². The predicted molar refractivity (Wildman–Crippen MR) is 49.6 cm³/mol. The molecule has 0 aliphatic carbocycles. The van der Waals surface area contributed by atoms with Crippen LogP contribution in [0.5, 0.6) is 5.75 Å². The summed E-state index contributed by atoms with van der Waals surface area (Å²) in [6.45, 7) is 3.55.